The summed E-state index contributed by atoms with van der Waals surface area (Å²) < 4.78 is 8.29. The normalized spacial score (nSPS) is 11.9. The molecule has 0 spiro atoms. The highest BCUT2D eigenvalue weighted by Crippen LogP contribution is 2.29. The molecule has 0 aliphatic carbocycles. The molecule has 6 rings (SSSR count). The van der Waals surface area contributed by atoms with Crippen LogP contribution in [0, 0.1) is 0 Å². The first-order valence-corrected chi connectivity index (χ1v) is 11.0. The minimum absolute atomic E-state index is 0.382. The molecule has 0 atom stereocenters. The van der Waals surface area contributed by atoms with Crippen LogP contribution in [0.25, 0.3) is 22.7 Å². The second-order valence-electron chi connectivity index (χ2n) is 8.65. The summed E-state index contributed by atoms with van der Waals surface area (Å²) in [5.74, 6) is 1.74. The highest BCUT2D eigenvalue weighted by molar-refractivity contribution is 5.44. The minimum Gasteiger partial charge on any atom is -0.186 e. The van der Waals surface area contributed by atoms with E-state index in [1.165, 1.54) is 0 Å². The molecule has 0 aromatic carbocycles. The van der Waals surface area contributed by atoms with Crippen LogP contribution in [0.3, 0.4) is 0 Å². The third kappa shape index (κ3) is 3.19. The molecule has 0 radical (unpaired) electrons. The largest absolute Gasteiger partial charge is 0.346 e. The molecule has 0 N–H and O–H groups in total. The Morgan fingerprint density at radius 1 is 0.576 bits per heavy atom. The van der Waals surface area contributed by atoms with E-state index in [1.807, 2.05) is 61.2 Å². The van der Waals surface area contributed by atoms with Crippen LogP contribution in [0.2, 0.25) is 0 Å². The Hall–Kier alpha value is -4.32. The summed E-state index contributed by atoms with van der Waals surface area (Å²) in [5, 5.41) is 0. The van der Waals surface area contributed by atoms with Gasteiger partial charge >= 0.3 is 11.6 Å². The third-order valence-electron chi connectivity index (χ3n) is 6.20. The van der Waals surface area contributed by atoms with Gasteiger partial charge in [0.25, 0.3) is 0 Å². The second-order valence-corrected chi connectivity index (χ2v) is 8.65. The topological polar surface area (TPSA) is 42.4 Å². The van der Waals surface area contributed by atoms with Gasteiger partial charge in [-0.2, -0.15) is 9.03 Å². The maximum absolute atomic E-state index is 5.05. The second kappa shape index (κ2) is 7.38. The van der Waals surface area contributed by atoms with E-state index in [2.05, 4.69) is 80.8 Å². The lowest BCUT2D eigenvalue weighted by Crippen LogP contribution is -2.39. The Morgan fingerprint density at radius 3 is 1.55 bits per heavy atom. The van der Waals surface area contributed by atoms with E-state index in [1.54, 1.807) is 0 Å². The fourth-order valence-corrected chi connectivity index (χ4v) is 4.29. The number of hydrogen-bond donors (Lipinski definition) is 0. The quantitative estimate of drug-likeness (QED) is 0.397. The Labute approximate surface area is 191 Å². The summed E-state index contributed by atoms with van der Waals surface area (Å²) in [4.78, 5) is 10.1. The maximum atomic E-state index is 5.05. The Bertz CT molecular complexity index is 1490. The van der Waals surface area contributed by atoms with E-state index in [0.29, 0.717) is 0 Å². The lowest BCUT2D eigenvalue weighted by molar-refractivity contribution is -0.670. The SMILES string of the molecule is CC(C)(c1cccc(-[n+]2ccc3ccccn32)n1)c1cccc(-[n+]2ccc3ccccn32)n1. The van der Waals surface area contributed by atoms with Crippen molar-refractivity contribution in [2.75, 3.05) is 0 Å². The van der Waals surface area contributed by atoms with Crippen molar-refractivity contribution in [2.24, 2.45) is 0 Å². The van der Waals surface area contributed by atoms with E-state index in [0.717, 1.165) is 34.1 Å². The van der Waals surface area contributed by atoms with E-state index in [9.17, 15) is 0 Å². The van der Waals surface area contributed by atoms with Crippen LogP contribution in [0.15, 0.2) is 110 Å². The molecule has 0 aliphatic rings. The van der Waals surface area contributed by atoms with Gasteiger partial charge in [0.1, 0.15) is 12.4 Å². The van der Waals surface area contributed by atoms with E-state index in [-0.39, 0.29) is 5.41 Å². The van der Waals surface area contributed by atoms with Crippen molar-refractivity contribution in [2.45, 2.75) is 19.3 Å². The van der Waals surface area contributed by atoms with Crippen LogP contribution < -0.4 is 9.36 Å². The van der Waals surface area contributed by atoms with Crippen molar-refractivity contribution in [1.82, 2.24) is 19.0 Å². The van der Waals surface area contributed by atoms with Crippen molar-refractivity contribution < 1.29 is 9.36 Å². The standard InChI is InChI=1S/C27H24N6/c1-27(2,23-11-7-13-25(28-23)32-19-15-21-9-3-5-17-30(21)32)24-12-8-14-26(29-24)33-20-16-22-10-4-6-18-31(22)33/h3-20H,1-2H3/q+2. The maximum Gasteiger partial charge on any atom is 0.346 e. The Balaban J connectivity index is 1.42. The van der Waals surface area contributed by atoms with Crippen LogP contribution in [0.1, 0.15) is 25.2 Å². The molecule has 0 unspecified atom stereocenters. The van der Waals surface area contributed by atoms with Crippen LogP contribution in [-0.4, -0.2) is 19.0 Å². The van der Waals surface area contributed by atoms with Gasteiger partial charge in [-0.1, -0.05) is 12.1 Å². The summed E-state index contributed by atoms with van der Waals surface area (Å²) in [6.07, 6.45) is 8.17. The molecule has 160 valence electrons. The number of rotatable bonds is 4. The molecule has 0 amide bonds. The zero-order chi connectivity index (χ0) is 22.4. The zero-order valence-electron chi connectivity index (χ0n) is 18.6. The molecule has 0 bridgehead atoms. The monoisotopic (exact) mass is 432 g/mol. The van der Waals surface area contributed by atoms with Gasteiger partial charge in [0, 0.05) is 36.7 Å². The van der Waals surface area contributed by atoms with Crippen molar-refractivity contribution in [3.05, 3.63) is 121 Å². The fourth-order valence-electron chi connectivity index (χ4n) is 4.29. The summed E-state index contributed by atoms with van der Waals surface area (Å²) in [5.41, 5.74) is 3.79. The molecular formula is C27H24N6+2. The number of pyridine rings is 4. The molecule has 6 heterocycles. The summed E-state index contributed by atoms with van der Waals surface area (Å²) in [6.45, 7) is 4.35. The molecular weight excluding hydrogens is 408 g/mol. The Morgan fingerprint density at radius 2 is 1.06 bits per heavy atom. The average Bonchev–Trinajstić information content (AvgIpc) is 3.49. The van der Waals surface area contributed by atoms with Crippen LogP contribution in [0.4, 0.5) is 0 Å². The summed E-state index contributed by atoms with van der Waals surface area (Å²) in [7, 11) is 0. The predicted octanol–water partition coefficient (Wildman–Crippen LogP) is 3.86. The molecule has 6 aromatic heterocycles. The van der Waals surface area contributed by atoms with Gasteiger partial charge < -0.3 is 0 Å². The first kappa shape index (κ1) is 19.4. The first-order chi connectivity index (χ1) is 16.1. The molecule has 0 saturated carbocycles. The van der Waals surface area contributed by atoms with Gasteiger partial charge in [-0.15, -0.1) is 9.36 Å². The molecule has 6 heteroatoms. The molecule has 0 fully saturated rings. The summed E-state index contributed by atoms with van der Waals surface area (Å²) >= 11 is 0. The first-order valence-electron chi connectivity index (χ1n) is 11.0. The summed E-state index contributed by atoms with van der Waals surface area (Å²) in [6, 6.07) is 28.8. The van der Waals surface area contributed by atoms with Crippen molar-refractivity contribution in [1.29, 1.82) is 0 Å². The van der Waals surface area contributed by atoms with Crippen molar-refractivity contribution in [3.63, 3.8) is 0 Å². The lowest BCUT2D eigenvalue weighted by atomic mass is 9.84. The number of fused-ring (bicyclic) bond motifs is 2. The number of nitrogens with zero attached hydrogens (tertiary/aromatic N) is 6. The van der Waals surface area contributed by atoms with E-state index < -0.39 is 0 Å². The molecule has 0 aliphatic heterocycles. The highest BCUT2D eigenvalue weighted by atomic mass is 15.4. The lowest BCUT2D eigenvalue weighted by Gasteiger charge is -2.17. The van der Waals surface area contributed by atoms with Crippen LogP contribution in [0.5, 0.6) is 0 Å². The molecule has 6 aromatic rings. The van der Waals surface area contributed by atoms with Crippen molar-refractivity contribution in [3.8, 4) is 11.6 Å². The fraction of sp³-hybridized carbons (Fsp3) is 0.111. The number of aromatic nitrogens is 6. The van der Waals surface area contributed by atoms with Gasteiger partial charge in [0.05, 0.1) is 16.4 Å². The highest BCUT2D eigenvalue weighted by Gasteiger charge is 2.35. The third-order valence-corrected chi connectivity index (χ3v) is 6.20. The number of hydrogen-bond acceptors (Lipinski definition) is 2. The van der Waals surface area contributed by atoms with Gasteiger partial charge in [-0.3, -0.25) is 0 Å². The molecule has 0 saturated heterocycles. The zero-order valence-corrected chi connectivity index (χ0v) is 18.6. The van der Waals surface area contributed by atoms with Gasteiger partial charge in [0.15, 0.2) is 11.4 Å². The van der Waals surface area contributed by atoms with E-state index >= 15 is 0 Å². The van der Waals surface area contributed by atoms with Crippen LogP contribution >= 0.6 is 0 Å². The Kier molecular flexibility index (Phi) is 4.33. The van der Waals surface area contributed by atoms with Crippen LogP contribution in [-0.2, 0) is 5.41 Å². The predicted molar refractivity (Wildman–Crippen MR) is 126 cm³/mol. The van der Waals surface area contributed by atoms with Gasteiger partial charge in [-0.05, 0) is 72.3 Å². The van der Waals surface area contributed by atoms with Gasteiger partial charge in [-0.25, -0.2) is 0 Å². The van der Waals surface area contributed by atoms with Crippen molar-refractivity contribution >= 4 is 11.0 Å². The average molecular weight is 433 g/mol. The molecule has 33 heavy (non-hydrogen) atoms. The van der Waals surface area contributed by atoms with Gasteiger partial charge in [0.2, 0.25) is 0 Å². The van der Waals surface area contributed by atoms with E-state index in [4.69, 9.17) is 9.97 Å². The minimum atomic E-state index is -0.382. The smallest absolute Gasteiger partial charge is 0.186 e. The molecule has 6 nitrogen and oxygen atoms in total.